The van der Waals surface area contributed by atoms with Gasteiger partial charge in [-0.25, -0.2) is 18.6 Å². The minimum absolute atomic E-state index is 0.242. The van der Waals surface area contributed by atoms with E-state index in [1.807, 2.05) is 6.92 Å². The number of aryl methyl sites for hydroxylation is 2. The van der Waals surface area contributed by atoms with Crippen molar-refractivity contribution in [1.82, 2.24) is 14.9 Å². The predicted octanol–water partition coefficient (Wildman–Crippen LogP) is 3.45. The normalized spacial score (nSPS) is 17.1. The molecule has 3 rings (SSSR count). The lowest BCUT2D eigenvalue weighted by molar-refractivity contribution is 0.102. The van der Waals surface area contributed by atoms with Crippen molar-refractivity contribution < 1.29 is 18.3 Å². The van der Waals surface area contributed by atoms with Crippen LogP contribution in [0, 0.1) is 25.5 Å². The molecule has 0 radical (unpaired) electrons. The van der Waals surface area contributed by atoms with Gasteiger partial charge in [0.1, 0.15) is 29.3 Å². The number of carbonyl (C=O) groups excluding carboxylic acids is 1. The number of carbonyl (C=O) groups is 1. The van der Waals surface area contributed by atoms with Crippen LogP contribution in [-0.2, 0) is 0 Å². The number of para-hydroxylation sites is 1. The first-order valence-electron chi connectivity index (χ1n) is 8.41. The number of amides is 2. The van der Waals surface area contributed by atoms with Crippen molar-refractivity contribution in [3.63, 3.8) is 0 Å². The number of halogens is 2. The molecule has 0 aliphatic carbocycles. The molecule has 138 valence electrons. The SMILES string of the molecule is Cc1cc(OC2CCCN(C(=O)Nc3c(F)cccc3F)C2)nc(C)n1. The van der Waals surface area contributed by atoms with E-state index in [0.717, 1.165) is 30.7 Å². The molecule has 26 heavy (non-hydrogen) atoms. The van der Waals surface area contributed by atoms with Gasteiger partial charge in [0, 0.05) is 18.3 Å². The first-order valence-corrected chi connectivity index (χ1v) is 8.41. The Kier molecular flexibility index (Phi) is 5.29. The Bertz CT molecular complexity index is 775. The number of hydrogen-bond acceptors (Lipinski definition) is 4. The minimum Gasteiger partial charge on any atom is -0.472 e. The molecule has 1 N–H and O–H groups in total. The first kappa shape index (κ1) is 18.0. The molecule has 1 aromatic heterocycles. The van der Waals surface area contributed by atoms with Gasteiger partial charge >= 0.3 is 6.03 Å². The Balaban J connectivity index is 1.65. The van der Waals surface area contributed by atoms with Crippen LogP contribution < -0.4 is 10.1 Å². The molecule has 2 heterocycles. The predicted molar refractivity (Wildman–Crippen MR) is 92.1 cm³/mol. The summed E-state index contributed by atoms with van der Waals surface area (Å²) in [4.78, 5) is 22.3. The van der Waals surface area contributed by atoms with Crippen LogP contribution in [0.15, 0.2) is 24.3 Å². The highest BCUT2D eigenvalue weighted by Crippen LogP contribution is 2.21. The van der Waals surface area contributed by atoms with E-state index in [0.29, 0.717) is 24.8 Å². The summed E-state index contributed by atoms with van der Waals surface area (Å²) >= 11 is 0. The van der Waals surface area contributed by atoms with E-state index in [1.165, 1.54) is 11.0 Å². The molecule has 1 atom stereocenters. The maximum atomic E-state index is 13.7. The van der Waals surface area contributed by atoms with Crippen molar-refractivity contribution in [3.05, 3.63) is 47.4 Å². The Labute approximate surface area is 150 Å². The molecule has 1 fully saturated rings. The number of rotatable bonds is 3. The van der Waals surface area contributed by atoms with Gasteiger partial charge in [0.25, 0.3) is 0 Å². The van der Waals surface area contributed by atoms with Crippen LogP contribution in [0.3, 0.4) is 0 Å². The fourth-order valence-electron chi connectivity index (χ4n) is 2.94. The largest absolute Gasteiger partial charge is 0.472 e. The summed E-state index contributed by atoms with van der Waals surface area (Å²) in [7, 11) is 0. The first-order chi connectivity index (χ1) is 12.4. The lowest BCUT2D eigenvalue weighted by atomic mass is 10.1. The molecule has 1 aliphatic rings. The van der Waals surface area contributed by atoms with Gasteiger partial charge in [-0.1, -0.05) is 6.07 Å². The zero-order chi connectivity index (χ0) is 18.7. The van der Waals surface area contributed by atoms with Crippen LogP contribution >= 0.6 is 0 Å². The monoisotopic (exact) mass is 362 g/mol. The molecule has 1 unspecified atom stereocenters. The molecule has 0 saturated carbocycles. The van der Waals surface area contributed by atoms with E-state index in [9.17, 15) is 13.6 Å². The second-order valence-corrected chi connectivity index (χ2v) is 6.25. The second-order valence-electron chi connectivity index (χ2n) is 6.25. The van der Waals surface area contributed by atoms with Crippen molar-refractivity contribution in [3.8, 4) is 5.88 Å². The van der Waals surface area contributed by atoms with Gasteiger partial charge < -0.3 is 15.0 Å². The molecule has 2 amide bonds. The summed E-state index contributed by atoms with van der Waals surface area (Å²) < 4.78 is 33.3. The average Bonchev–Trinajstić information content (AvgIpc) is 2.57. The van der Waals surface area contributed by atoms with E-state index in [1.54, 1.807) is 13.0 Å². The van der Waals surface area contributed by atoms with Crippen LogP contribution in [0.25, 0.3) is 0 Å². The standard InChI is InChI=1S/C18H20F2N4O2/c1-11-9-16(22-12(2)21-11)26-13-5-4-8-24(10-13)18(25)23-17-14(19)6-3-7-15(17)20/h3,6-7,9,13H,4-5,8,10H2,1-2H3,(H,23,25). The Morgan fingerprint density at radius 1 is 1.27 bits per heavy atom. The van der Waals surface area contributed by atoms with Gasteiger partial charge in [-0.3, -0.25) is 0 Å². The molecule has 0 bridgehead atoms. The maximum Gasteiger partial charge on any atom is 0.322 e. The van der Waals surface area contributed by atoms with Crippen molar-refractivity contribution in [2.45, 2.75) is 32.8 Å². The fraction of sp³-hybridized carbons (Fsp3) is 0.389. The molecule has 1 saturated heterocycles. The molecule has 1 aromatic carbocycles. The molecule has 8 heteroatoms. The second kappa shape index (κ2) is 7.63. The molecule has 0 spiro atoms. The summed E-state index contributed by atoms with van der Waals surface area (Å²) in [5, 5.41) is 2.31. The Hall–Kier alpha value is -2.77. The number of piperidine rings is 1. The number of nitrogens with one attached hydrogen (secondary N) is 1. The van der Waals surface area contributed by atoms with Crippen LogP contribution in [0.4, 0.5) is 19.3 Å². The number of aromatic nitrogens is 2. The number of ether oxygens (including phenoxy) is 1. The Morgan fingerprint density at radius 3 is 2.69 bits per heavy atom. The third-order valence-corrected chi connectivity index (χ3v) is 4.09. The van der Waals surface area contributed by atoms with E-state index >= 15 is 0 Å². The number of likely N-dealkylation sites (tertiary alicyclic amines) is 1. The molecule has 6 nitrogen and oxygen atoms in total. The highest BCUT2D eigenvalue weighted by Gasteiger charge is 2.26. The number of urea groups is 1. The number of anilines is 1. The summed E-state index contributed by atoms with van der Waals surface area (Å²) in [6.07, 6.45) is 1.24. The van der Waals surface area contributed by atoms with E-state index < -0.39 is 23.4 Å². The van der Waals surface area contributed by atoms with Crippen molar-refractivity contribution in [2.75, 3.05) is 18.4 Å². The van der Waals surface area contributed by atoms with Crippen LogP contribution in [-0.4, -0.2) is 40.1 Å². The summed E-state index contributed by atoms with van der Waals surface area (Å²) in [6.45, 7) is 4.43. The van der Waals surface area contributed by atoms with Crippen molar-refractivity contribution >= 4 is 11.7 Å². The minimum atomic E-state index is -0.810. The van der Waals surface area contributed by atoms with Gasteiger partial charge in [-0.2, -0.15) is 4.98 Å². The lowest BCUT2D eigenvalue weighted by Gasteiger charge is -2.32. The van der Waals surface area contributed by atoms with Gasteiger partial charge in [0.15, 0.2) is 0 Å². The highest BCUT2D eigenvalue weighted by atomic mass is 19.1. The molecule has 1 aliphatic heterocycles. The topological polar surface area (TPSA) is 67.3 Å². The number of nitrogens with zero attached hydrogens (tertiary/aromatic N) is 3. The quantitative estimate of drug-likeness (QED) is 0.908. The third-order valence-electron chi connectivity index (χ3n) is 4.09. The van der Waals surface area contributed by atoms with Crippen LogP contribution in [0.2, 0.25) is 0 Å². The van der Waals surface area contributed by atoms with Gasteiger partial charge in [-0.05, 0) is 38.8 Å². The van der Waals surface area contributed by atoms with Gasteiger partial charge in [0.05, 0.1) is 6.54 Å². The number of benzene rings is 1. The van der Waals surface area contributed by atoms with E-state index in [4.69, 9.17) is 4.74 Å². The zero-order valence-electron chi connectivity index (χ0n) is 14.6. The van der Waals surface area contributed by atoms with Gasteiger partial charge in [-0.15, -0.1) is 0 Å². The van der Waals surface area contributed by atoms with Crippen LogP contribution in [0.1, 0.15) is 24.4 Å². The molecule has 2 aromatic rings. The highest BCUT2D eigenvalue weighted by molar-refractivity contribution is 5.89. The van der Waals surface area contributed by atoms with Crippen molar-refractivity contribution in [2.24, 2.45) is 0 Å². The summed E-state index contributed by atoms with van der Waals surface area (Å²) in [5.74, 6) is -0.548. The van der Waals surface area contributed by atoms with E-state index in [-0.39, 0.29) is 6.10 Å². The number of hydrogen-bond donors (Lipinski definition) is 1. The smallest absolute Gasteiger partial charge is 0.322 e. The molecular formula is C18H20F2N4O2. The lowest BCUT2D eigenvalue weighted by Crippen LogP contribution is -2.46. The van der Waals surface area contributed by atoms with Crippen molar-refractivity contribution in [1.29, 1.82) is 0 Å². The summed E-state index contributed by atoms with van der Waals surface area (Å²) in [5.41, 5.74) is 0.357. The van der Waals surface area contributed by atoms with Gasteiger partial charge in [0.2, 0.25) is 5.88 Å². The Morgan fingerprint density at radius 2 is 2.00 bits per heavy atom. The average molecular weight is 362 g/mol. The zero-order valence-corrected chi connectivity index (χ0v) is 14.6. The third kappa shape index (κ3) is 4.25. The molecular weight excluding hydrogens is 342 g/mol. The van der Waals surface area contributed by atoms with E-state index in [2.05, 4.69) is 15.3 Å². The van der Waals surface area contributed by atoms with Crippen LogP contribution in [0.5, 0.6) is 5.88 Å². The fourth-order valence-corrected chi connectivity index (χ4v) is 2.94. The summed E-state index contributed by atoms with van der Waals surface area (Å²) in [6, 6.07) is 4.62. The maximum absolute atomic E-state index is 13.7.